The van der Waals surface area contributed by atoms with E-state index in [1.807, 2.05) is 36.4 Å². The monoisotopic (exact) mass is 413 g/mol. The van der Waals surface area contributed by atoms with Gasteiger partial charge >= 0.3 is 0 Å². The average molecular weight is 413 g/mol. The first-order chi connectivity index (χ1) is 13.9. The zero-order valence-electron chi connectivity index (χ0n) is 16.5. The van der Waals surface area contributed by atoms with Crippen LogP contribution in [0.5, 0.6) is 5.75 Å². The summed E-state index contributed by atoms with van der Waals surface area (Å²) in [6.07, 6.45) is 1.21. The summed E-state index contributed by atoms with van der Waals surface area (Å²) in [7, 11) is -1.57. The Kier molecular flexibility index (Phi) is 5.38. The lowest BCUT2D eigenvalue weighted by molar-refractivity contribution is 0.122. The summed E-state index contributed by atoms with van der Waals surface area (Å²) in [4.78, 5) is 11.4. The highest BCUT2D eigenvalue weighted by molar-refractivity contribution is 7.89. The molecule has 0 N–H and O–H groups in total. The molecule has 2 aromatic carbocycles. The molecule has 1 aliphatic rings. The molecule has 3 aromatic rings. The van der Waals surface area contributed by atoms with Crippen LogP contribution in [0, 0.1) is 0 Å². The van der Waals surface area contributed by atoms with Crippen molar-refractivity contribution in [1.29, 1.82) is 0 Å². The Bertz CT molecular complexity index is 1140. The van der Waals surface area contributed by atoms with Crippen LogP contribution in [0.25, 0.3) is 22.2 Å². The third-order valence-electron chi connectivity index (χ3n) is 4.82. The number of benzene rings is 2. The van der Waals surface area contributed by atoms with Gasteiger partial charge in [0.2, 0.25) is 0 Å². The van der Waals surface area contributed by atoms with Crippen LogP contribution in [0.2, 0.25) is 0 Å². The second kappa shape index (κ2) is 7.96. The third kappa shape index (κ3) is 4.65. The number of morpholine rings is 1. The van der Waals surface area contributed by atoms with Crippen LogP contribution < -0.4 is 9.64 Å². The van der Waals surface area contributed by atoms with E-state index < -0.39 is 9.84 Å². The Morgan fingerprint density at radius 1 is 1.03 bits per heavy atom. The fourth-order valence-electron chi connectivity index (χ4n) is 3.40. The van der Waals surface area contributed by atoms with Crippen molar-refractivity contribution in [2.24, 2.45) is 0 Å². The molecule has 4 rings (SSSR count). The lowest BCUT2D eigenvalue weighted by Crippen LogP contribution is -2.37. The topological polar surface area (TPSA) is 81.6 Å². The standard InChI is InChI=1S/C21H23N3O4S/c1-27-19-6-5-15-11-17(4-3-16(15)12-19)21-22-18(14-29(2,25)26)13-20(23-21)24-7-9-28-10-8-24/h3-6,11-13H,7-10,14H2,1-2H3. The van der Waals surface area contributed by atoms with Gasteiger partial charge in [0.25, 0.3) is 0 Å². The maximum absolute atomic E-state index is 11.9. The lowest BCUT2D eigenvalue weighted by atomic mass is 10.1. The van der Waals surface area contributed by atoms with Crippen molar-refractivity contribution in [3.63, 3.8) is 0 Å². The second-order valence-electron chi connectivity index (χ2n) is 7.14. The summed E-state index contributed by atoms with van der Waals surface area (Å²) in [6.45, 7) is 2.68. The molecule has 0 atom stereocenters. The van der Waals surface area contributed by atoms with Crippen LogP contribution in [0.15, 0.2) is 42.5 Å². The quantitative estimate of drug-likeness (QED) is 0.636. The number of nitrogens with zero attached hydrogens (tertiary/aromatic N) is 3. The molecule has 1 saturated heterocycles. The smallest absolute Gasteiger partial charge is 0.161 e. The van der Waals surface area contributed by atoms with E-state index >= 15 is 0 Å². The molecule has 0 aliphatic carbocycles. The molecule has 152 valence electrons. The van der Waals surface area contributed by atoms with Crippen molar-refractivity contribution in [2.45, 2.75) is 5.75 Å². The number of hydrogen-bond donors (Lipinski definition) is 0. The van der Waals surface area contributed by atoms with Crippen molar-refractivity contribution in [1.82, 2.24) is 9.97 Å². The van der Waals surface area contributed by atoms with Gasteiger partial charge in [-0.15, -0.1) is 0 Å². The van der Waals surface area contributed by atoms with Gasteiger partial charge < -0.3 is 14.4 Å². The van der Waals surface area contributed by atoms with Gasteiger partial charge in [0.1, 0.15) is 11.6 Å². The predicted octanol–water partition coefficient (Wildman–Crippen LogP) is 2.69. The number of sulfone groups is 1. The molecule has 0 radical (unpaired) electrons. The molecule has 2 heterocycles. The van der Waals surface area contributed by atoms with Crippen molar-refractivity contribution in [2.75, 3.05) is 44.6 Å². The molecule has 7 nitrogen and oxygen atoms in total. The van der Waals surface area contributed by atoms with Gasteiger partial charge in [0.15, 0.2) is 15.7 Å². The van der Waals surface area contributed by atoms with Crippen molar-refractivity contribution >= 4 is 26.4 Å². The molecule has 0 saturated carbocycles. The lowest BCUT2D eigenvalue weighted by Gasteiger charge is -2.28. The second-order valence-corrected chi connectivity index (χ2v) is 9.28. The Morgan fingerprint density at radius 2 is 1.76 bits per heavy atom. The van der Waals surface area contributed by atoms with E-state index in [1.54, 1.807) is 13.2 Å². The van der Waals surface area contributed by atoms with E-state index in [9.17, 15) is 8.42 Å². The average Bonchev–Trinajstić information content (AvgIpc) is 2.72. The summed E-state index contributed by atoms with van der Waals surface area (Å²) in [5, 5.41) is 2.09. The van der Waals surface area contributed by atoms with Gasteiger partial charge in [-0.3, -0.25) is 0 Å². The van der Waals surface area contributed by atoms with E-state index in [-0.39, 0.29) is 5.75 Å². The molecular weight excluding hydrogens is 390 g/mol. The zero-order chi connectivity index (χ0) is 20.4. The molecule has 0 unspecified atom stereocenters. The highest BCUT2D eigenvalue weighted by atomic mass is 32.2. The fraction of sp³-hybridized carbons (Fsp3) is 0.333. The first-order valence-corrected chi connectivity index (χ1v) is 11.4. The fourth-order valence-corrected chi connectivity index (χ4v) is 4.08. The van der Waals surface area contributed by atoms with Crippen LogP contribution >= 0.6 is 0 Å². The SMILES string of the molecule is COc1ccc2cc(-c3nc(CS(C)(=O)=O)cc(N4CCOCC4)n3)ccc2c1. The number of hydrogen-bond acceptors (Lipinski definition) is 7. The maximum Gasteiger partial charge on any atom is 0.161 e. The van der Waals surface area contributed by atoms with Crippen LogP contribution in [-0.4, -0.2) is 58.1 Å². The molecule has 0 spiro atoms. The van der Waals surface area contributed by atoms with Crippen LogP contribution in [0.1, 0.15) is 5.69 Å². The van der Waals surface area contributed by atoms with Gasteiger partial charge in [-0.1, -0.05) is 18.2 Å². The van der Waals surface area contributed by atoms with Crippen molar-refractivity contribution < 1.29 is 17.9 Å². The summed E-state index contributed by atoms with van der Waals surface area (Å²) >= 11 is 0. The molecular formula is C21H23N3O4S. The Balaban J connectivity index is 1.78. The number of anilines is 1. The molecule has 8 heteroatoms. The molecule has 0 amide bonds. The minimum Gasteiger partial charge on any atom is -0.497 e. The van der Waals surface area contributed by atoms with Gasteiger partial charge in [0, 0.05) is 31.0 Å². The van der Waals surface area contributed by atoms with E-state index in [0.717, 1.165) is 27.9 Å². The molecule has 0 bridgehead atoms. The molecule has 1 aromatic heterocycles. The predicted molar refractivity (Wildman–Crippen MR) is 113 cm³/mol. The van der Waals surface area contributed by atoms with Gasteiger partial charge in [-0.25, -0.2) is 18.4 Å². The van der Waals surface area contributed by atoms with Gasteiger partial charge in [0.05, 0.1) is 31.8 Å². The van der Waals surface area contributed by atoms with Crippen molar-refractivity contribution in [3.8, 4) is 17.1 Å². The van der Waals surface area contributed by atoms with E-state index in [1.165, 1.54) is 6.26 Å². The Hall–Kier alpha value is -2.71. The van der Waals surface area contributed by atoms with Crippen LogP contribution in [-0.2, 0) is 20.3 Å². The maximum atomic E-state index is 11.9. The number of aromatic nitrogens is 2. The largest absolute Gasteiger partial charge is 0.497 e. The minimum absolute atomic E-state index is 0.120. The Labute approximate surface area is 170 Å². The summed E-state index contributed by atoms with van der Waals surface area (Å²) in [6, 6.07) is 13.6. The number of rotatable bonds is 5. The van der Waals surface area contributed by atoms with Gasteiger partial charge in [-0.2, -0.15) is 0 Å². The molecule has 29 heavy (non-hydrogen) atoms. The number of methoxy groups -OCH3 is 1. The van der Waals surface area contributed by atoms with Crippen LogP contribution in [0.3, 0.4) is 0 Å². The van der Waals surface area contributed by atoms with E-state index in [4.69, 9.17) is 14.5 Å². The summed E-state index contributed by atoms with van der Waals surface area (Å²) in [5.41, 5.74) is 1.33. The highest BCUT2D eigenvalue weighted by Gasteiger charge is 2.17. The minimum atomic E-state index is -3.21. The highest BCUT2D eigenvalue weighted by Crippen LogP contribution is 2.27. The van der Waals surface area contributed by atoms with E-state index in [2.05, 4.69) is 9.88 Å². The van der Waals surface area contributed by atoms with E-state index in [0.29, 0.717) is 37.8 Å². The molecule has 1 fully saturated rings. The van der Waals surface area contributed by atoms with Gasteiger partial charge in [-0.05, 0) is 29.0 Å². The summed E-state index contributed by atoms with van der Waals surface area (Å²) < 4.78 is 34.4. The zero-order valence-corrected chi connectivity index (χ0v) is 17.3. The van der Waals surface area contributed by atoms with Crippen LogP contribution in [0.4, 0.5) is 5.82 Å². The third-order valence-corrected chi connectivity index (χ3v) is 5.64. The summed E-state index contributed by atoms with van der Waals surface area (Å²) in [5.74, 6) is 1.92. The molecule has 1 aliphatic heterocycles. The first-order valence-electron chi connectivity index (χ1n) is 9.38. The first kappa shape index (κ1) is 19.6. The Morgan fingerprint density at radius 3 is 2.48 bits per heavy atom. The van der Waals surface area contributed by atoms with Crippen molar-refractivity contribution in [3.05, 3.63) is 48.2 Å². The number of fused-ring (bicyclic) bond motifs is 1. The normalized spacial score (nSPS) is 14.9. The number of ether oxygens (including phenoxy) is 2.